The molecule has 1 aliphatic heterocycles. The van der Waals surface area contributed by atoms with Crippen LogP contribution in [0.2, 0.25) is 0 Å². The summed E-state index contributed by atoms with van der Waals surface area (Å²) in [5, 5.41) is 3.39. The number of carbonyl (C=O) groups excluding carboxylic acids is 1. The summed E-state index contributed by atoms with van der Waals surface area (Å²) in [6, 6.07) is 0. The highest BCUT2D eigenvalue weighted by atomic mass is 16.1. The van der Waals surface area contributed by atoms with Crippen LogP contribution in [0.5, 0.6) is 0 Å². The van der Waals surface area contributed by atoms with E-state index in [-0.39, 0.29) is 5.54 Å². The lowest BCUT2D eigenvalue weighted by Gasteiger charge is -2.34. The van der Waals surface area contributed by atoms with Crippen LogP contribution in [0.1, 0.15) is 39.0 Å². The van der Waals surface area contributed by atoms with Gasteiger partial charge in [0.15, 0.2) is 5.78 Å². The minimum Gasteiger partial charge on any atom is -0.304 e. The maximum Gasteiger partial charge on any atom is 0.154 e. The normalized spacial score (nSPS) is 42.4. The molecule has 2 rings (SSSR count). The van der Waals surface area contributed by atoms with E-state index in [1.54, 1.807) is 0 Å². The van der Waals surface area contributed by atoms with Crippen LogP contribution in [0, 0.1) is 5.92 Å². The zero-order valence-electron chi connectivity index (χ0n) is 7.73. The topological polar surface area (TPSA) is 29.1 Å². The molecule has 0 aromatic rings. The predicted molar refractivity (Wildman–Crippen MR) is 48.0 cm³/mol. The molecule has 0 radical (unpaired) electrons. The molecule has 68 valence electrons. The molecule has 0 bridgehead atoms. The van der Waals surface area contributed by atoms with Crippen molar-refractivity contribution in [1.82, 2.24) is 5.32 Å². The number of hydrogen-bond acceptors (Lipinski definition) is 2. The maximum atomic E-state index is 11.6. The zero-order valence-corrected chi connectivity index (χ0v) is 7.73. The van der Waals surface area contributed by atoms with Gasteiger partial charge in [-0.05, 0) is 31.6 Å². The average Bonchev–Trinajstić information content (AvgIpc) is 2.41. The summed E-state index contributed by atoms with van der Waals surface area (Å²) >= 11 is 0. The minimum absolute atomic E-state index is 0.0769. The van der Waals surface area contributed by atoms with Crippen molar-refractivity contribution in [3.05, 3.63) is 0 Å². The molecule has 0 aromatic heterocycles. The van der Waals surface area contributed by atoms with Gasteiger partial charge in [0, 0.05) is 13.0 Å². The van der Waals surface area contributed by atoms with Crippen LogP contribution >= 0.6 is 0 Å². The summed E-state index contributed by atoms with van der Waals surface area (Å²) in [7, 11) is 0. The van der Waals surface area contributed by atoms with Gasteiger partial charge >= 0.3 is 0 Å². The fraction of sp³-hybridized carbons (Fsp3) is 0.900. The Kier molecular flexibility index (Phi) is 1.95. The first kappa shape index (κ1) is 8.24. The van der Waals surface area contributed by atoms with E-state index >= 15 is 0 Å². The van der Waals surface area contributed by atoms with Crippen molar-refractivity contribution >= 4 is 5.78 Å². The van der Waals surface area contributed by atoms with Crippen LogP contribution in [-0.2, 0) is 4.79 Å². The number of Topliss-reactive ketones (excluding diaryl/α,β-unsaturated/α-hetero) is 1. The number of ketones is 1. The smallest absolute Gasteiger partial charge is 0.154 e. The van der Waals surface area contributed by atoms with Gasteiger partial charge in [-0.1, -0.05) is 6.92 Å². The number of rotatable bonds is 0. The summed E-state index contributed by atoms with van der Waals surface area (Å²) in [4.78, 5) is 11.6. The Morgan fingerprint density at radius 3 is 2.58 bits per heavy atom. The average molecular weight is 167 g/mol. The van der Waals surface area contributed by atoms with Crippen LogP contribution in [0.15, 0.2) is 0 Å². The molecule has 2 heteroatoms. The van der Waals surface area contributed by atoms with Gasteiger partial charge in [0.1, 0.15) is 0 Å². The number of carbonyl (C=O) groups is 1. The highest BCUT2D eigenvalue weighted by Gasteiger charge is 2.43. The molecule has 1 saturated carbocycles. The Hall–Kier alpha value is -0.370. The number of nitrogens with one attached hydrogen (secondary N) is 1. The first-order chi connectivity index (χ1) is 5.73. The highest BCUT2D eigenvalue weighted by molar-refractivity contribution is 5.90. The van der Waals surface area contributed by atoms with Gasteiger partial charge in [0.25, 0.3) is 0 Å². The van der Waals surface area contributed by atoms with E-state index in [4.69, 9.17) is 0 Å². The lowest BCUT2D eigenvalue weighted by molar-refractivity contribution is -0.123. The van der Waals surface area contributed by atoms with Crippen molar-refractivity contribution in [1.29, 1.82) is 0 Å². The molecule has 0 atom stereocenters. The SMILES string of the molecule is CC1CCC2(CC1)NCCC2=O. The molecular formula is C10H17NO. The quantitative estimate of drug-likeness (QED) is 0.592. The molecule has 1 heterocycles. The van der Waals surface area contributed by atoms with E-state index in [1.807, 2.05) is 0 Å². The van der Waals surface area contributed by atoms with E-state index < -0.39 is 0 Å². The van der Waals surface area contributed by atoms with Crippen molar-refractivity contribution in [2.75, 3.05) is 6.54 Å². The van der Waals surface area contributed by atoms with Crippen molar-refractivity contribution in [2.24, 2.45) is 5.92 Å². The Morgan fingerprint density at radius 1 is 1.42 bits per heavy atom. The molecular weight excluding hydrogens is 150 g/mol. The lowest BCUT2D eigenvalue weighted by atomic mass is 9.76. The second-order valence-electron chi connectivity index (χ2n) is 4.36. The highest BCUT2D eigenvalue weighted by Crippen LogP contribution is 2.35. The predicted octanol–water partition coefficient (Wildman–Crippen LogP) is 1.50. The summed E-state index contributed by atoms with van der Waals surface area (Å²) in [6.45, 7) is 3.19. The number of hydrogen-bond donors (Lipinski definition) is 1. The molecule has 2 fully saturated rings. The first-order valence-electron chi connectivity index (χ1n) is 5.01. The van der Waals surface area contributed by atoms with Crippen molar-refractivity contribution < 1.29 is 4.79 Å². The Morgan fingerprint density at radius 2 is 2.08 bits per heavy atom. The summed E-state index contributed by atoms with van der Waals surface area (Å²) in [5.74, 6) is 1.29. The van der Waals surface area contributed by atoms with Crippen LogP contribution in [-0.4, -0.2) is 17.9 Å². The fourth-order valence-electron chi connectivity index (χ4n) is 2.46. The van der Waals surface area contributed by atoms with Gasteiger partial charge in [0.05, 0.1) is 5.54 Å². The molecule has 0 unspecified atom stereocenters. The molecule has 2 nitrogen and oxygen atoms in total. The van der Waals surface area contributed by atoms with E-state index in [9.17, 15) is 4.79 Å². The second-order valence-corrected chi connectivity index (χ2v) is 4.36. The first-order valence-corrected chi connectivity index (χ1v) is 5.01. The minimum atomic E-state index is -0.0769. The van der Waals surface area contributed by atoms with E-state index in [0.29, 0.717) is 5.78 Å². The molecule has 2 aliphatic rings. The molecule has 0 aromatic carbocycles. The van der Waals surface area contributed by atoms with Gasteiger partial charge < -0.3 is 5.32 Å². The van der Waals surface area contributed by atoms with E-state index in [0.717, 1.165) is 31.7 Å². The van der Waals surface area contributed by atoms with E-state index in [1.165, 1.54) is 12.8 Å². The van der Waals surface area contributed by atoms with Crippen LogP contribution < -0.4 is 5.32 Å². The second kappa shape index (κ2) is 2.84. The van der Waals surface area contributed by atoms with Crippen LogP contribution in [0.4, 0.5) is 0 Å². The maximum absolute atomic E-state index is 11.6. The Bertz CT molecular complexity index is 192. The van der Waals surface area contributed by atoms with Crippen LogP contribution in [0.3, 0.4) is 0 Å². The Balaban J connectivity index is 2.07. The van der Waals surface area contributed by atoms with Crippen molar-refractivity contribution in [2.45, 2.75) is 44.6 Å². The third-order valence-electron chi connectivity index (χ3n) is 3.48. The van der Waals surface area contributed by atoms with E-state index in [2.05, 4.69) is 12.2 Å². The third-order valence-corrected chi connectivity index (χ3v) is 3.48. The zero-order chi connectivity index (χ0) is 8.60. The molecule has 1 saturated heterocycles. The molecule has 0 amide bonds. The lowest BCUT2D eigenvalue weighted by Crippen LogP contribution is -2.47. The van der Waals surface area contributed by atoms with Crippen molar-refractivity contribution in [3.63, 3.8) is 0 Å². The van der Waals surface area contributed by atoms with Crippen molar-refractivity contribution in [3.8, 4) is 0 Å². The Labute approximate surface area is 73.7 Å². The van der Waals surface area contributed by atoms with Gasteiger partial charge in [-0.3, -0.25) is 4.79 Å². The largest absolute Gasteiger partial charge is 0.304 e. The summed E-state index contributed by atoms with van der Waals surface area (Å²) in [6.07, 6.45) is 5.35. The van der Waals surface area contributed by atoms with Gasteiger partial charge in [0.2, 0.25) is 0 Å². The van der Waals surface area contributed by atoms with Gasteiger partial charge in [-0.25, -0.2) is 0 Å². The molecule has 12 heavy (non-hydrogen) atoms. The third kappa shape index (κ3) is 1.18. The molecule has 1 spiro atoms. The standard InChI is InChI=1S/C10H17NO/c1-8-2-5-10(6-3-8)9(12)4-7-11-10/h8,11H,2-7H2,1H3. The van der Waals surface area contributed by atoms with Gasteiger partial charge in [-0.2, -0.15) is 0 Å². The fourth-order valence-corrected chi connectivity index (χ4v) is 2.46. The molecule has 1 aliphatic carbocycles. The van der Waals surface area contributed by atoms with Gasteiger partial charge in [-0.15, -0.1) is 0 Å². The van der Waals surface area contributed by atoms with Crippen LogP contribution in [0.25, 0.3) is 0 Å². The molecule has 1 N–H and O–H groups in total. The summed E-state index contributed by atoms with van der Waals surface area (Å²) in [5.41, 5.74) is -0.0769. The monoisotopic (exact) mass is 167 g/mol. The summed E-state index contributed by atoms with van der Waals surface area (Å²) < 4.78 is 0.